The molecule has 2 aliphatic rings. The van der Waals surface area contributed by atoms with Crippen LogP contribution in [0, 0.1) is 0 Å². The fraction of sp³-hybridized carbons (Fsp3) is 0.600. The molecule has 1 aromatic rings. The van der Waals surface area contributed by atoms with E-state index in [1.165, 1.54) is 31.7 Å². The Bertz CT molecular complexity index is 412. The van der Waals surface area contributed by atoms with Gasteiger partial charge in [0, 0.05) is 51.9 Å². The Morgan fingerprint density at radius 2 is 2.05 bits per heavy atom. The highest BCUT2D eigenvalue weighted by atomic mass is 16.5. The standard InChI is InChI=1S/C15H23N3O/c1-19-15-4-2-3-13(9-15)10-17-11-14(12-17)18-7-5-16-6-8-18/h2-4,9,14,16H,5-8,10-12H2,1H3. The molecule has 0 aromatic heterocycles. The Balaban J connectivity index is 1.48. The lowest BCUT2D eigenvalue weighted by Gasteiger charge is -2.46. The molecular formula is C15H23N3O. The number of likely N-dealkylation sites (tertiary alicyclic amines) is 1. The highest BCUT2D eigenvalue weighted by molar-refractivity contribution is 5.28. The van der Waals surface area contributed by atoms with E-state index in [0.29, 0.717) is 0 Å². The predicted octanol–water partition coefficient (Wildman–Crippen LogP) is 0.785. The first-order valence-corrected chi connectivity index (χ1v) is 7.15. The number of nitrogens with zero attached hydrogens (tertiary/aromatic N) is 2. The van der Waals surface area contributed by atoms with Crippen molar-refractivity contribution in [2.75, 3.05) is 46.4 Å². The van der Waals surface area contributed by atoms with Crippen molar-refractivity contribution in [3.05, 3.63) is 29.8 Å². The van der Waals surface area contributed by atoms with E-state index >= 15 is 0 Å². The molecule has 0 radical (unpaired) electrons. The van der Waals surface area contributed by atoms with Crippen molar-refractivity contribution < 1.29 is 4.74 Å². The first-order chi connectivity index (χ1) is 9.35. The van der Waals surface area contributed by atoms with Crippen LogP contribution in [0.3, 0.4) is 0 Å². The van der Waals surface area contributed by atoms with Crippen LogP contribution < -0.4 is 10.1 Å². The third-order valence-corrected chi connectivity index (χ3v) is 4.15. The molecule has 2 aliphatic heterocycles. The van der Waals surface area contributed by atoms with Crippen LogP contribution in [0.25, 0.3) is 0 Å². The van der Waals surface area contributed by atoms with Crippen LogP contribution in [0.1, 0.15) is 5.56 Å². The first-order valence-electron chi connectivity index (χ1n) is 7.15. The third kappa shape index (κ3) is 3.08. The lowest BCUT2D eigenvalue weighted by Crippen LogP contribution is -2.62. The highest BCUT2D eigenvalue weighted by Crippen LogP contribution is 2.20. The van der Waals surface area contributed by atoms with Gasteiger partial charge in [-0.2, -0.15) is 0 Å². The SMILES string of the molecule is COc1cccc(CN2CC(N3CCNCC3)C2)c1. The minimum atomic E-state index is 0.771. The molecule has 0 atom stereocenters. The highest BCUT2D eigenvalue weighted by Gasteiger charge is 2.31. The molecule has 0 unspecified atom stereocenters. The van der Waals surface area contributed by atoms with Gasteiger partial charge in [-0.1, -0.05) is 12.1 Å². The summed E-state index contributed by atoms with van der Waals surface area (Å²) in [5, 5.41) is 3.41. The molecule has 0 bridgehead atoms. The van der Waals surface area contributed by atoms with Gasteiger partial charge < -0.3 is 10.1 Å². The van der Waals surface area contributed by atoms with Crippen LogP contribution in [0.15, 0.2) is 24.3 Å². The van der Waals surface area contributed by atoms with E-state index < -0.39 is 0 Å². The summed E-state index contributed by atoms with van der Waals surface area (Å²) in [6.45, 7) is 8.16. The van der Waals surface area contributed by atoms with Gasteiger partial charge in [-0.3, -0.25) is 9.80 Å². The van der Waals surface area contributed by atoms with E-state index in [9.17, 15) is 0 Å². The number of methoxy groups -OCH3 is 1. The van der Waals surface area contributed by atoms with Crippen molar-refractivity contribution in [1.82, 2.24) is 15.1 Å². The van der Waals surface area contributed by atoms with Crippen molar-refractivity contribution in [2.24, 2.45) is 0 Å². The number of rotatable bonds is 4. The molecule has 0 aliphatic carbocycles. The number of nitrogens with one attached hydrogen (secondary N) is 1. The van der Waals surface area contributed by atoms with Crippen molar-refractivity contribution in [2.45, 2.75) is 12.6 Å². The summed E-state index contributed by atoms with van der Waals surface area (Å²) in [5.74, 6) is 0.955. The topological polar surface area (TPSA) is 27.7 Å². The molecule has 1 aromatic carbocycles. The van der Waals surface area contributed by atoms with Crippen molar-refractivity contribution in [3.63, 3.8) is 0 Å². The monoisotopic (exact) mass is 261 g/mol. The fourth-order valence-corrected chi connectivity index (χ4v) is 2.98. The van der Waals surface area contributed by atoms with Gasteiger partial charge in [0.15, 0.2) is 0 Å². The average molecular weight is 261 g/mol. The molecule has 2 saturated heterocycles. The van der Waals surface area contributed by atoms with Gasteiger partial charge in [-0.05, 0) is 17.7 Å². The Hall–Kier alpha value is -1.10. The molecule has 2 heterocycles. The first kappa shape index (κ1) is 12.9. The summed E-state index contributed by atoms with van der Waals surface area (Å²) >= 11 is 0. The van der Waals surface area contributed by atoms with E-state index in [1.54, 1.807) is 7.11 Å². The van der Waals surface area contributed by atoms with E-state index in [1.807, 2.05) is 6.07 Å². The number of benzene rings is 1. The van der Waals surface area contributed by atoms with Gasteiger partial charge in [0.25, 0.3) is 0 Å². The van der Waals surface area contributed by atoms with Gasteiger partial charge in [-0.15, -0.1) is 0 Å². The molecule has 2 fully saturated rings. The number of ether oxygens (including phenoxy) is 1. The summed E-state index contributed by atoms with van der Waals surface area (Å²) in [5.41, 5.74) is 1.35. The van der Waals surface area contributed by atoms with Crippen LogP contribution in [-0.4, -0.2) is 62.2 Å². The zero-order valence-corrected chi connectivity index (χ0v) is 11.6. The zero-order valence-electron chi connectivity index (χ0n) is 11.6. The Kier molecular flexibility index (Phi) is 4.01. The van der Waals surface area contributed by atoms with E-state index in [4.69, 9.17) is 4.74 Å². The maximum absolute atomic E-state index is 5.27. The molecule has 0 saturated carbocycles. The molecule has 0 amide bonds. The normalized spacial score (nSPS) is 22.2. The second-order valence-corrected chi connectivity index (χ2v) is 5.49. The number of hydrogen-bond acceptors (Lipinski definition) is 4. The summed E-state index contributed by atoms with van der Waals surface area (Å²) in [7, 11) is 1.73. The van der Waals surface area contributed by atoms with Crippen LogP contribution in [0.5, 0.6) is 5.75 Å². The minimum Gasteiger partial charge on any atom is -0.497 e. The molecule has 3 rings (SSSR count). The van der Waals surface area contributed by atoms with Crippen molar-refractivity contribution in [1.29, 1.82) is 0 Å². The molecule has 0 spiro atoms. The van der Waals surface area contributed by atoms with Gasteiger partial charge >= 0.3 is 0 Å². The Morgan fingerprint density at radius 1 is 1.26 bits per heavy atom. The average Bonchev–Trinajstić information content (AvgIpc) is 2.43. The largest absolute Gasteiger partial charge is 0.497 e. The maximum atomic E-state index is 5.27. The number of hydrogen-bond donors (Lipinski definition) is 1. The smallest absolute Gasteiger partial charge is 0.119 e. The third-order valence-electron chi connectivity index (χ3n) is 4.15. The van der Waals surface area contributed by atoms with E-state index in [2.05, 4.69) is 33.3 Å². The molecular weight excluding hydrogens is 238 g/mol. The zero-order chi connectivity index (χ0) is 13.1. The lowest BCUT2D eigenvalue weighted by molar-refractivity contribution is 0.0223. The Labute approximate surface area is 115 Å². The summed E-state index contributed by atoms with van der Waals surface area (Å²) in [6, 6.07) is 9.16. The quantitative estimate of drug-likeness (QED) is 0.867. The lowest BCUT2D eigenvalue weighted by atomic mass is 10.0. The molecule has 4 nitrogen and oxygen atoms in total. The van der Waals surface area contributed by atoms with Crippen LogP contribution in [0.2, 0.25) is 0 Å². The fourth-order valence-electron chi connectivity index (χ4n) is 2.98. The Morgan fingerprint density at radius 3 is 2.79 bits per heavy atom. The second kappa shape index (κ2) is 5.90. The number of piperazine rings is 1. The summed E-state index contributed by atoms with van der Waals surface area (Å²) < 4.78 is 5.27. The summed E-state index contributed by atoms with van der Waals surface area (Å²) in [6.07, 6.45) is 0. The van der Waals surface area contributed by atoms with Crippen LogP contribution in [0.4, 0.5) is 0 Å². The van der Waals surface area contributed by atoms with Gasteiger partial charge in [-0.25, -0.2) is 0 Å². The van der Waals surface area contributed by atoms with E-state index in [0.717, 1.165) is 31.4 Å². The maximum Gasteiger partial charge on any atom is 0.119 e. The van der Waals surface area contributed by atoms with Crippen molar-refractivity contribution >= 4 is 0 Å². The van der Waals surface area contributed by atoms with Gasteiger partial charge in [0.1, 0.15) is 5.75 Å². The second-order valence-electron chi connectivity index (χ2n) is 5.49. The molecule has 4 heteroatoms. The van der Waals surface area contributed by atoms with Crippen LogP contribution in [-0.2, 0) is 6.54 Å². The molecule has 19 heavy (non-hydrogen) atoms. The van der Waals surface area contributed by atoms with Crippen LogP contribution >= 0.6 is 0 Å². The molecule has 104 valence electrons. The van der Waals surface area contributed by atoms with Crippen molar-refractivity contribution in [3.8, 4) is 5.75 Å². The predicted molar refractivity (Wildman–Crippen MR) is 76.5 cm³/mol. The summed E-state index contributed by atoms with van der Waals surface area (Å²) in [4.78, 5) is 5.14. The van der Waals surface area contributed by atoms with E-state index in [-0.39, 0.29) is 0 Å². The van der Waals surface area contributed by atoms with Gasteiger partial charge in [0.2, 0.25) is 0 Å². The minimum absolute atomic E-state index is 0.771. The molecule has 1 N–H and O–H groups in total. The van der Waals surface area contributed by atoms with Gasteiger partial charge in [0.05, 0.1) is 7.11 Å².